The van der Waals surface area contributed by atoms with E-state index in [0.29, 0.717) is 12.5 Å². The summed E-state index contributed by atoms with van der Waals surface area (Å²) >= 11 is 0. The van der Waals surface area contributed by atoms with E-state index >= 15 is 0 Å². The minimum absolute atomic E-state index is 0.358. The Morgan fingerprint density at radius 2 is 0.952 bits per heavy atom. The molecule has 0 heterocycles. The van der Waals surface area contributed by atoms with Crippen molar-refractivity contribution < 1.29 is 5.11 Å². The van der Waals surface area contributed by atoms with Crippen LogP contribution in [0.2, 0.25) is 0 Å². The van der Waals surface area contributed by atoms with Crippen LogP contribution in [0, 0.1) is 11.8 Å². The van der Waals surface area contributed by atoms with Crippen LogP contribution in [-0.2, 0) is 0 Å². The summed E-state index contributed by atoms with van der Waals surface area (Å²) in [6.07, 6.45) is 19.3. The molecule has 1 nitrogen and oxygen atoms in total. The van der Waals surface area contributed by atoms with Crippen LogP contribution in [0.5, 0.6) is 0 Å². The van der Waals surface area contributed by atoms with E-state index in [2.05, 4.69) is 20.8 Å². The molecule has 1 heteroatoms. The summed E-state index contributed by atoms with van der Waals surface area (Å²) in [6.45, 7) is 7.34. The van der Waals surface area contributed by atoms with Crippen molar-refractivity contribution in [2.45, 2.75) is 111 Å². The average molecular weight is 299 g/mol. The molecule has 0 rings (SSSR count). The Hall–Kier alpha value is -0.0400. The van der Waals surface area contributed by atoms with Crippen molar-refractivity contribution >= 4 is 0 Å². The molecular formula is C20H42O. The molecule has 1 N–H and O–H groups in total. The van der Waals surface area contributed by atoms with Crippen LogP contribution in [0.1, 0.15) is 111 Å². The van der Waals surface area contributed by atoms with Crippen molar-refractivity contribution in [3.8, 4) is 0 Å². The summed E-state index contributed by atoms with van der Waals surface area (Å²) in [5, 5.41) is 8.88. The number of aliphatic hydroxyl groups excluding tert-OH is 1. The number of hydrogen-bond acceptors (Lipinski definition) is 1. The smallest absolute Gasteiger partial charge is 0.0433 e. The fourth-order valence-electron chi connectivity index (χ4n) is 3.12. The standard InChI is InChI=1S/C20H42O/c1-4-5-6-7-8-9-11-14-19(2)15-12-10-13-16-20(3)17-18-21/h19-21H,4-18H2,1-3H3. The van der Waals surface area contributed by atoms with Crippen molar-refractivity contribution in [1.29, 1.82) is 0 Å². The van der Waals surface area contributed by atoms with Gasteiger partial charge in [-0.3, -0.25) is 0 Å². The van der Waals surface area contributed by atoms with Crippen LogP contribution in [0.25, 0.3) is 0 Å². The maximum absolute atomic E-state index is 8.88. The molecule has 0 aromatic carbocycles. The minimum atomic E-state index is 0.358. The van der Waals surface area contributed by atoms with Crippen molar-refractivity contribution in [3.05, 3.63) is 0 Å². The molecule has 128 valence electrons. The first-order valence-electron chi connectivity index (χ1n) is 9.81. The van der Waals surface area contributed by atoms with Crippen LogP contribution in [0.3, 0.4) is 0 Å². The third-order valence-electron chi connectivity index (χ3n) is 4.82. The van der Waals surface area contributed by atoms with Crippen molar-refractivity contribution in [2.24, 2.45) is 11.8 Å². The second kappa shape index (κ2) is 16.3. The first kappa shape index (κ1) is 21.0. The Morgan fingerprint density at radius 1 is 0.571 bits per heavy atom. The van der Waals surface area contributed by atoms with Gasteiger partial charge in [-0.15, -0.1) is 0 Å². The first-order chi connectivity index (χ1) is 10.2. The van der Waals surface area contributed by atoms with E-state index in [9.17, 15) is 0 Å². The maximum atomic E-state index is 8.88. The molecule has 0 saturated carbocycles. The van der Waals surface area contributed by atoms with Gasteiger partial charge in [-0.25, -0.2) is 0 Å². The van der Waals surface area contributed by atoms with E-state index in [1.807, 2.05) is 0 Å². The van der Waals surface area contributed by atoms with Gasteiger partial charge in [0.05, 0.1) is 0 Å². The van der Waals surface area contributed by atoms with Crippen molar-refractivity contribution in [1.82, 2.24) is 0 Å². The van der Waals surface area contributed by atoms with E-state index < -0.39 is 0 Å². The third kappa shape index (κ3) is 16.2. The Morgan fingerprint density at radius 3 is 1.43 bits per heavy atom. The predicted molar refractivity (Wildman–Crippen MR) is 95.7 cm³/mol. The number of rotatable bonds is 16. The van der Waals surface area contributed by atoms with Gasteiger partial charge < -0.3 is 5.11 Å². The molecule has 0 aliphatic rings. The summed E-state index contributed by atoms with van der Waals surface area (Å²) < 4.78 is 0. The van der Waals surface area contributed by atoms with Gasteiger partial charge in [0.15, 0.2) is 0 Å². The van der Waals surface area contributed by atoms with Gasteiger partial charge in [0.2, 0.25) is 0 Å². The molecule has 0 spiro atoms. The highest BCUT2D eigenvalue weighted by Crippen LogP contribution is 2.19. The van der Waals surface area contributed by atoms with E-state index in [1.54, 1.807) is 0 Å². The molecule has 0 saturated heterocycles. The monoisotopic (exact) mass is 298 g/mol. The lowest BCUT2D eigenvalue weighted by molar-refractivity contribution is 0.256. The summed E-state index contributed by atoms with van der Waals surface area (Å²) in [7, 11) is 0. The van der Waals surface area contributed by atoms with Crippen LogP contribution in [0.4, 0.5) is 0 Å². The molecule has 0 aliphatic heterocycles. The molecular weight excluding hydrogens is 256 g/mol. The Balaban J connectivity index is 3.21. The van der Waals surface area contributed by atoms with Gasteiger partial charge in [0.25, 0.3) is 0 Å². The quantitative estimate of drug-likeness (QED) is 0.313. The SMILES string of the molecule is CCCCCCCCCC(C)CCCCCC(C)CCO. The maximum Gasteiger partial charge on any atom is 0.0433 e. The zero-order valence-corrected chi connectivity index (χ0v) is 15.2. The highest BCUT2D eigenvalue weighted by molar-refractivity contribution is 4.57. The van der Waals surface area contributed by atoms with Crippen molar-refractivity contribution in [3.63, 3.8) is 0 Å². The molecule has 2 unspecified atom stereocenters. The van der Waals surface area contributed by atoms with Gasteiger partial charge in [0.1, 0.15) is 0 Å². The van der Waals surface area contributed by atoms with Gasteiger partial charge in [-0.2, -0.15) is 0 Å². The summed E-state index contributed by atoms with van der Waals surface area (Å²) in [4.78, 5) is 0. The molecule has 0 aliphatic carbocycles. The van der Waals surface area contributed by atoms with Gasteiger partial charge in [-0.05, 0) is 18.3 Å². The Bertz CT molecular complexity index is 190. The fourth-order valence-corrected chi connectivity index (χ4v) is 3.12. The molecule has 2 atom stereocenters. The third-order valence-corrected chi connectivity index (χ3v) is 4.82. The van der Waals surface area contributed by atoms with Gasteiger partial charge >= 0.3 is 0 Å². The minimum Gasteiger partial charge on any atom is -0.396 e. The molecule has 0 aromatic rings. The molecule has 0 fully saturated rings. The second-order valence-electron chi connectivity index (χ2n) is 7.27. The molecule has 0 aromatic heterocycles. The lowest BCUT2D eigenvalue weighted by atomic mass is 9.94. The molecule has 21 heavy (non-hydrogen) atoms. The van der Waals surface area contributed by atoms with Gasteiger partial charge in [0, 0.05) is 6.61 Å². The van der Waals surface area contributed by atoms with E-state index in [1.165, 1.54) is 83.5 Å². The zero-order valence-electron chi connectivity index (χ0n) is 15.2. The van der Waals surface area contributed by atoms with Crippen LogP contribution >= 0.6 is 0 Å². The Kier molecular flexibility index (Phi) is 16.3. The highest BCUT2D eigenvalue weighted by atomic mass is 16.3. The molecule has 0 radical (unpaired) electrons. The number of unbranched alkanes of at least 4 members (excludes halogenated alkanes) is 8. The van der Waals surface area contributed by atoms with Crippen LogP contribution in [0.15, 0.2) is 0 Å². The largest absolute Gasteiger partial charge is 0.396 e. The predicted octanol–water partition coefficient (Wildman–Crippen LogP) is 6.73. The zero-order chi connectivity index (χ0) is 15.8. The lowest BCUT2D eigenvalue weighted by Gasteiger charge is -2.12. The Labute approximate surface area is 134 Å². The summed E-state index contributed by atoms with van der Waals surface area (Å²) in [5.41, 5.74) is 0. The molecule has 0 bridgehead atoms. The normalized spacial score (nSPS) is 14.3. The summed E-state index contributed by atoms with van der Waals surface area (Å²) in [5.74, 6) is 1.63. The second-order valence-corrected chi connectivity index (χ2v) is 7.27. The van der Waals surface area contributed by atoms with E-state index in [-0.39, 0.29) is 0 Å². The molecule has 0 amide bonds. The van der Waals surface area contributed by atoms with E-state index in [0.717, 1.165) is 12.3 Å². The first-order valence-corrected chi connectivity index (χ1v) is 9.81. The topological polar surface area (TPSA) is 20.2 Å². The highest BCUT2D eigenvalue weighted by Gasteiger charge is 2.04. The summed E-state index contributed by atoms with van der Waals surface area (Å²) in [6, 6.07) is 0. The fraction of sp³-hybridized carbons (Fsp3) is 1.00. The van der Waals surface area contributed by atoms with Crippen LogP contribution < -0.4 is 0 Å². The van der Waals surface area contributed by atoms with Gasteiger partial charge in [-0.1, -0.05) is 104 Å². The number of hydrogen-bond donors (Lipinski definition) is 1. The van der Waals surface area contributed by atoms with E-state index in [4.69, 9.17) is 5.11 Å². The lowest BCUT2D eigenvalue weighted by Crippen LogP contribution is -1.99. The average Bonchev–Trinajstić information content (AvgIpc) is 2.46. The number of aliphatic hydroxyl groups is 1. The van der Waals surface area contributed by atoms with Crippen molar-refractivity contribution in [2.75, 3.05) is 6.61 Å². The van der Waals surface area contributed by atoms with Crippen LogP contribution in [-0.4, -0.2) is 11.7 Å².